The average molecular weight is 292 g/mol. The first-order chi connectivity index (χ1) is 9.35. The maximum atomic E-state index is 12.3. The fourth-order valence-electron chi connectivity index (χ4n) is 1.56. The minimum absolute atomic E-state index is 0.0308. The summed E-state index contributed by atoms with van der Waals surface area (Å²) in [5.74, 6) is 0.0308. The highest BCUT2D eigenvalue weighted by Crippen LogP contribution is 2.24. The zero-order valence-electron chi connectivity index (χ0n) is 10.8. The van der Waals surface area contributed by atoms with Crippen molar-refractivity contribution in [1.29, 1.82) is 5.26 Å². The maximum absolute atomic E-state index is 12.3. The molecule has 2 aromatic rings. The second kappa shape index (κ2) is 4.86. The van der Waals surface area contributed by atoms with Gasteiger partial charge >= 0.3 is 0 Å². The SMILES string of the molecule is Cc1noc(NS(=O)(=O)c2ccc(N)cc2C#N)c1C. The molecule has 7 nitrogen and oxygen atoms in total. The van der Waals surface area contributed by atoms with E-state index < -0.39 is 10.0 Å². The molecular formula is C12H12N4O3S. The molecule has 20 heavy (non-hydrogen) atoms. The summed E-state index contributed by atoms with van der Waals surface area (Å²) < 4.78 is 31.7. The molecule has 1 heterocycles. The van der Waals surface area contributed by atoms with Crippen LogP contribution < -0.4 is 10.5 Å². The number of nitriles is 1. The van der Waals surface area contributed by atoms with Crippen LogP contribution in [-0.2, 0) is 10.0 Å². The summed E-state index contributed by atoms with van der Waals surface area (Å²) in [4.78, 5) is -0.164. The van der Waals surface area contributed by atoms with Crippen molar-refractivity contribution < 1.29 is 12.9 Å². The highest BCUT2D eigenvalue weighted by molar-refractivity contribution is 7.92. The van der Waals surface area contributed by atoms with E-state index in [4.69, 9.17) is 15.5 Å². The van der Waals surface area contributed by atoms with Crippen molar-refractivity contribution in [2.75, 3.05) is 10.5 Å². The smallest absolute Gasteiger partial charge is 0.265 e. The molecule has 1 aromatic heterocycles. The number of hydrogen-bond donors (Lipinski definition) is 2. The zero-order chi connectivity index (χ0) is 14.9. The second-order valence-corrected chi connectivity index (χ2v) is 5.85. The Morgan fingerprint density at radius 1 is 1.40 bits per heavy atom. The van der Waals surface area contributed by atoms with Gasteiger partial charge in [-0.25, -0.2) is 13.1 Å². The largest absolute Gasteiger partial charge is 0.399 e. The van der Waals surface area contributed by atoms with E-state index in [1.807, 2.05) is 0 Å². The fraction of sp³-hybridized carbons (Fsp3) is 0.167. The molecule has 8 heteroatoms. The Hall–Kier alpha value is -2.53. The summed E-state index contributed by atoms with van der Waals surface area (Å²) in [6.07, 6.45) is 0. The Balaban J connectivity index is 2.47. The van der Waals surface area contributed by atoms with E-state index in [-0.39, 0.29) is 16.3 Å². The first kappa shape index (κ1) is 13.9. The standard InChI is InChI=1S/C12H12N4O3S/c1-7-8(2)15-19-12(7)16-20(17,18)11-4-3-10(14)5-9(11)6-13/h3-5,16H,14H2,1-2H3. The lowest BCUT2D eigenvalue weighted by molar-refractivity contribution is 0.430. The summed E-state index contributed by atoms with van der Waals surface area (Å²) >= 11 is 0. The summed E-state index contributed by atoms with van der Waals surface area (Å²) in [5, 5.41) is 12.7. The molecule has 0 bridgehead atoms. The molecular weight excluding hydrogens is 280 g/mol. The Kier molecular flexibility index (Phi) is 3.38. The number of aryl methyl sites for hydroxylation is 1. The van der Waals surface area contributed by atoms with Crippen molar-refractivity contribution in [2.45, 2.75) is 18.7 Å². The number of sulfonamides is 1. The van der Waals surface area contributed by atoms with Gasteiger partial charge in [-0.2, -0.15) is 5.26 Å². The van der Waals surface area contributed by atoms with E-state index >= 15 is 0 Å². The number of benzene rings is 1. The van der Waals surface area contributed by atoms with Gasteiger partial charge in [0.1, 0.15) is 11.0 Å². The van der Waals surface area contributed by atoms with Gasteiger partial charge in [-0.1, -0.05) is 5.16 Å². The molecule has 0 aliphatic carbocycles. The minimum Gasteiger partial charge on any atom is -0.399 e. The third-order valence-electron chi connectivity index (χ3n) is 2.80. The molecule has 0 aliphatic heterocycles. The van der Waals surface area contributed by atoms with Crippen LogP contribution in [0.2, 0.25) is 0 Å². The average Bonchev–Trinajstić information content (AvgIpc) is 2.69. The maximum Gasteiger partial charge on any atom is 0.265 e. The van der Waals surface area contributed by atoms with Gasteiger partial charge in [0.2, 0.25) is 5.88 Å². The summed E-state index contributed by atoms with van der Waals surface area (Å²) in [6, 6.07) is 5.78. The van der Waals surface area contributed by atoms with E-state index in [0.29, 0.717) is 16.9 Å². The predicted molar refractivity (Wildman–Crippen MR) is 72.4 cm³/mol. The third kappa shape index (κ3) is 2.44. The third-order valence-corrected chi connectivity index (χ3v) is 4.19. The molecule has 0 spiro atoms. The van der Waals surface area contributed by atoms with Crippen LogP contribution in [0.4, 0.5) is 11.6 Å². The molecule has 0 saturated heterocycles. The first-order valence-electron chi connectivity index (χ1n) is 5.60. The van der Waals surface area contributed by atoms with Crippen LogP contribution in [0, 0.1) is 25.2 Å². The van der Waals surface area contributed by atoms with Gasteiger partial charge in [-0.3, -0.25) is 0 Å². The van der Waals surface area contributed by atoms with Gasteiger partial charge in [0.15, 0.2) is 0 Å². The molecule has 0 atom stereocenters. The van der Waals surface area contributed by atoms with Gasteiger partial charge in [0, 0.05) is 11.3 Å². The van der Waals surface area contributed by atoms with Crippen molar-refractivity contribution in [3.8, 4) is 6.07 Å². The molecule has 1 aromatic carbocycles. The molecule has 0 unspecified atom stereocenters. The van der Waals surface area contributed by atoms with Gasteiger partial charge in [0.05, 0.1) is 11.3 Å². The van der Waals surface area contributed by atoms with Crippen LogP contribution in [0.5, 0.6) is 0 Å². The van der Waals surface area contributed by atoms with E-state index in [1.165, 1.54) is 18.2 Å². The fourth-order valence-corrected chi connectivity index (χ4v) is 2.74. The van der Waals surface area contributed by atoms with E-state index in [1.54, 1.807) is 19.9 Å². The van der Waals surface area contributed by atoms with Crippen LogP contribution in [-0.4, -0.2) is 13.6 Å². The van der Waals surface area contributed by atoms with Gasteiger partial charge in [-0.05, 0) is 32.0 Å². The highest BCUT2D eigenvalue weighted by Gasteiger charge is 2.22. The van der Waals surface area contributed by atoms with E-state index in [2.05, 4.69) is 9.88 Å². The lowest BCUT2D eigenvalue weighted by atomic mass is 10.2. The molecule has 0 aliphatic rings. The van der Waals surface area contributed by atoms with E-state index in [9.17, 15) is 8.42 Å². The topological polar surface area (TPSA) is 122 Å². The molecule has 3 N–H and O–H groups in total. The Bertz CT molecular complexity index is 803. The number of anilines is 2. The highest BCUT2D eigenvalue weighted by atomic mass is 32.2. The molecule has 104 valence electrons. The zero-order valence-corrected chi connectivity index (χ0v) is 11.7. The Labute approximate surface area is 116 Å². The van der Waals surface area contributed by atoms with E-state index in [0.717, 1.165) is 0 Å². The van der Waals surface area contributed by atoms with Gasteiger partial charge in [-0.15, -0.1) is 0 Å². The lowest BCUT2D eigenvalue weighted by Crippen LogP contribution is -2.14. The van der Waals surface area contributed by atoms with Crippen LogP contribution in [0.1, 0.15) is 16.8 Å². The number of nitrogens with one attached hydrogen (secondary N) is 1. The van der Waals surface area contributed by atoms with Crippen molar-refractivity contribution in [2.24, 2.45) is 0 Å². The van der Waals surface area contributed by atoms with Crippen molar-refractivity contribution >= 4 is 21.6 Å². The van der Waals surface area contributed by atoms with Crippen LogP contribution in [0.25, 0.3) is 0 Å². The van der Waals surface area contributed by atoms with Gasteiger partial charge in [0.25, 0.3) is 10.0 Å². The van der Waals surface area contributed by atoms with Gasteiger partial charge < -0.3 is 10.3 Å². The number of hydrogen-bond acceptors (Lipinski definition) is 6. The van der Waals surface area contributed by atoms with Crippen molar-refractivity contribution in [3.63, 3.8) is 0 Å². The van der Waals surface area contributed by atoms with Crippen LogP contribution >= 0.6 is 0 Å². The summed E-state index contributed by atoms with van der Waals surface area (Å²) in [7, 11) is -3.94. The molecule has 2 rings (SSSR count). The second-order valence-electron chi connectivity index (χ2n) is 4.20. The lowest BCUT2D eigenvalue weighted by Gasteiger charge is -2.07. The number of aromatic nitrogens is 1. The molecule has 0 saturated carbocycles. The van der Waals surface area contributed by atoms with Crippen molar-refractivity contribution in [3.05, 3.63) is 35.0 Å². The normalized spacial score (nSPS) is 11.1. The van der Waals surface area contributed by atoms with Crippen LogP contribution in [0.3, 0.4) is 0 Å². The number of rotatable bonds is 3. The molecule has 0 fully saturated rings. The Morgan fingerprint density at radius 3 is 2.65 bits per heavy atom. The Morgan fingerprint density at radius 2 is 2.10 bits per heavy atom. The number of nitrogens with two attached hydrogens (primary N) is 1. The summed E-state index contributed by atoms with van der Waals surface area (Å²) in [6.45, 7) is 3.37. The first-order valence-corrected chi connectivity index (χ1v) is 7.09. The minimum atomic E-state index is -3.94. The van der Waals surface area contributed by atoms with Crippen LogP contribution in [0.15, 0.2) is 27.6 Å². The predicted octanol–water partition coefficient (Wildman–Crippen LogP) is 1.55. The number of nitrogen functional groups attached to an aromatic ring is 1. The quantitative estimate of drug-likeness (QED) is 0.827. The monoisotopic (exact) mass is 292 g/mol. The summed E-state index contributed by atoms with van der Waals surface area (Å²) in [5.41, 5.74) is 6.98. The number of nitrogens with zero attached hydrogens (tertiary/aromatic N) is 2. The molecule has 0 radical (unpaired) electrons. The molecule has 0 amide bonds. The van der Waals surface area contributed by atoms with Crippen molar-refractivity contribution in [1.82, 2.24) is 5.16 Å².